The predicted octanol–water partition coefficient (Wildman–Crippen LogP) is 1.79. The number of fused-ring (bicyclic) bond motifs is 1. The molecule has 1 aliphatic heterocycles. The van der Waals surface area contributed by atoms with Crippen molar-refractivity contribution in [3.8, 4) is 5.75 Å². The highest BCUT2D eigenvalue weighted by Crippen LogP contribution is 2.52. The lowest BCUT2D eigenvalue weighted by molar-refractivity contribution is -0.190. The van der Waals surface area contributed by atoms with Gasteiger partial charge >= 0.3 is 5.97 Å². The van der Waals surface area contributed by atoms with E-state index in [-0.39, 0.29) is 29.7 Å². The first-order chi connectivity index (χ1) is 12.6. The minimum atomic E-state index is -1.45. The average Bonchev–Trinajstić information content (AvgIpc) is 2.60. The van der Waals surface area contributed by atoms with Crippen molar-refractivity contribution in [2.45, 2.75) is 51.9 Å². The molecule has 146 valence electrons. The van der Waals surface area contributed by atoms with Crippen LogP contribution in [0.25, 0.3) is 0 Å². The standard InChI is InChI=1S/C19H24N2O6/c1-5-26-13-9-19(17(24)25,18(13,3)4)21-16(23)11-7-6-8-12-14(11)27-10(2)15(22)20-12/h6-8,10,13H,5,9H2,1-4H3,(H,20,22)(H,21,23)(H,24,25). The summed E-state index contributed by atoms with van der Waals surface area (Å²) in [7, 11) is 0. The van der Waals surface area contributed by atoms with E-state index in [1.165, 1.54) is 0 Å². The van der Waals surface area contributed by atoms with Crippen molar-refractivity contribution in [2.24, 2.45) is 5.41 Å². The largest absolute Gasteiger partial charge is 0.479 e. The number of aliphatic carboxylic acids is 1. The average molecular weight is 376 g/mol. The van der Waals surface area contributed by atoms with Crippen molar-refractivity contribution in [1.82, 2.24) is 5.32 Å². The van der Waals surface area contributed by atoms with E-state index in [1.54, 1.807) is 39.0 Å². The van der Waals surface area contributed by atoms with Gasteiger partial charge in [0.25, 0.3) is 11.8 Å². The van der Waals surface area contributed by atoms with Gasteiger partial charge in [-0.05, 0) is 26.0 Å². The van der Waals surface area contributed by atoms with Crippen molar-refractivity contribution in [2.75, 3.05) is 11.9 Å². The summed E-state index contributed by atoms with van der Waals surface area (Å²) in [5.41, 5.74) is -1.68. The van der Waals surface area contributed by atoms with Crippen LogP contribution in [0.15, 0.2) is 18.2 Å². The molecule has 3 N–H and O–H groups in total. The number of rotatable bonds is 5. The zero-order valence-electron chi connectivity index (χ0n) is 15.8. The smallest absolute Gasteiger partial charge is 0.330 e. The molecule has 3 rings (SSSR count). The van der Waals surface area contributed by atoms with Crippen LogP contribution in [0.4, 0.5) is 5.69 Å². The third-order valence-electron chi connectivity index (χ3n) is 5.64. The third-order valence-corrected chi connectivity index (χ3v) is 5.64. The number of ether oxygens (including phenoxy) is 2. The molecule has 1 saturated carbocycles. The fraction of sp³-hybridized carbons (Fsp3) is 0.526. The number of benzene rings is 1. The van der Waals surface area contributed by atoms with Crippen LogP contribution < -0.4 is 15.4 Å². The highest BCUT2D eigenvalue weighted by Gasteiger charge is 2.66. The van der Waals surface area contributed by atoms with E-state index in [1.807, 2.05) is 6.92 Å². The Balaban J connectivity index is 1.90. The second kappa shape index (κ2) is 6.53. The number of amides is 2. The molecule has 8 heteroatoms. The normalized spacial score (nSPS) is 28.2. The lowest BCUT2D eigenvalue weighted by atomic mass is 9.54. The van der Waals surface area contributed by atoms with Gasteiger partial charge in [-0.1, -0.05) is 19.9 Å². The van der Waals surface area contributed by atoms with E-state index < -0.39 is 28.9 Å². The van der Waals surface area contributed by atoms with E-state index in [4.69, 9.17) is 9.47 Å². The quantitative estimate of drug-likeness (QED) is 0.722. The Morgan fingerprint density at radius 3 is 2.70 bits per heavy atom. The molecule has 0 spiro atoms. The summed E-state index contributed by atoms with van der Waals surface area (Å²) >= 11 is 0. The molecule has 0 radical (unpaired) electrons. The minimum Gasteiger partial charge on any atom is -0.479 e. The van der Waals surface area contributed by atoms with Gasteiger partial charge in [0.1, 0.15) is 5.54 Å². The lowest BCUT2D eigenvalue weighted by Crippen LogP contribution is -2.76. The van der Waals surface area contributed by atoms with Gasteiger partial charge in [0.2, 0.25) is 0 Å². The maximum absolute atomic E-state index is 13.0. The molecule has 27 heavy (non-hydrogen) atoms. The zero-order chi connectivity index (χ0) is 20.0. The van der Waals surface area contributed by atoms with E-state index in [9.17, 15) is 19.5 Å². The van der Waals surface area contributed by atoms with Crippen molar-refractivity contribution < 1.29 is 29.0 Å². The van der Waals surface area contributed by atoms with E-state index in [2.05, 4.69) is 10.6 Å². The summed E-state index contributed by atoms with van der Waals surface area (Å²) in [6.07, 6.45) is -0.834. The number of hydrogen-bond acceptors (Lipinski definition) is 5. The van der Waals surface area contributed by atoms with Crippen LogP contribution in [0.1, 0.15) is 44.5 Å². The van der Waals surface area contributed by atoms with E-state index in [0.717, 1.165) is 0 Å². The molecule has 3 atom stereocenters. The predicted molar refractivity (Wildman–Crippen MR) is 96.8 cm³/mol. The molecular weight excluding hydrogens is 352 g/mol. The number of carbonyl (C=O) groups is 3. The highest BCUT2D eigenvalue weighted by atomic mass is 16.5. The fourth-order valence-corrected chi connectivity index (χ4v) is 3.70. The first kappa shape index (κ1) is 19.2. The molecule has 0 saturated heterocycles. The number of para-hydroxylation sites is 1. The first-order valence-electron chi connectivity index (χ1n) is 8.92. The summed E-state index contributed by atoms with van der Waals surface area (Å²) in [6.45, 7) is 7.43. The number of carbonyl (C=O) groups excluding carboxylic acids is 2. The van der Waals surface area contributed by atoms with Crippen molar-refractivity contribution >= 4 is 23.5 Å². The molecule has 3 unspecified atom stereocenters. The monoisotopic (exact) mass is 376 g/mol. The maximum Gasteiger partial charge on any atom is 0.330 e. The molecule has 1 fully saturated rings. The number of nitrogens with one attached hydrogen (secondary N) is 2. The van der Waals surface area contributed by atoms with Crippen LogP contribution in [0, 0.1) is 5.41 Å². The number of carboxylic acids is 1. The van der Waals surface area contributed by atoms with Gasteiger partial charge in [-0.2, -0.15) is 0 Å². The van der Waals surface area contributed by atoms with Crippen molar-refractivity contribution in [3.05, 3.63) is 23.8 Å². The number of hydrogen-bond donors (Lipinski definition) is 3. The van der Waals surface area contributed by atoms with Crippen molar-refractivity contribution in [3.63, 3.8) is 0 Å². The molecule has 1 aromatic rings. The van der Waals surface area contributed by atoms with Crippen LogP contribution in [0.2, 0.25) is 0 Å². The number of anilines is 1. The molecule has 1 aliphatic carbocycles. The highest BCUT2D eigenvalue weighted by molar-refractivity contribution is 6.05. The van der Waals surface area contributed by atoms with Gasteiger partial charge in [0, 0.05) is 18.4 Å². The summed E-state index contributed by atoms with van der Waals surface area (Å²) in [4.78, 5) is 36.8. The molecule has 2 amide bonds. The Labute approximate surface area is 157 Å². The molecule has 0 bridgehead atoms. The van der Waals surface area contributed by atoms with Crippen molar-refractivity contribution in [1.29, 1.82) is 0 Å². The maximum atomic E-state index is 13.0. The topological polar surface area (TPSA) is 114 Å². The fourth-order valence-electron chi connectivity index (χ4n) is 3.70. The van der Waals surface area contributed by atoms with Gasteiger partial charge in [-0.15, -0.1) is 0 Å². The van der Waals surface area contributed by atoms with Gasteiger partial charge < -0.3 is 25.2 Å². The summed E-state index contributed by atoms with van der Waals surface area (Å²) in [5.74, 6) is -1.74. The summed E-state index contributed by atoms with van der Waals surface area (Å²) in [5, 5.41) is 15.2. The Kier molecular flexibility index (Phi) is 4.63. The molecule has 1 heterocycles. The van der Waals surface area contributed by atoms with Crippen LogP contribution >= 0.6 is 0 Å². The lowest BCUT2D eigenvalue weighted by Gasteiger charge is -2.58. The summed E-state index contributed by atoms with van der Waals surface area (Å²) in [6, 6.07) is 4.77. The molecule has 0 aromatic heterocycles. The second-order valence-electron chi connectivity index (χ2n) is 7.47. The van der Waals surface area contributed by atoms with Crippen LogP contribution in [-0.4, -0.2) is 47.2 Å². The van der Waals surface area contributed by atoms with Crippen LogP contribution in [-0.2, 0) is 14.3 Å². The van der Waals surface area contributed by atoms with Crippen LogP contribution in [0.5, 0.6) is 5.75 Å². The first-order valence-corrected chi connectivity index (χ1v) is 8.92. The molecule has 2 aliphatic rings. The third kappa shape index (κ3) is 2.84. The second-order valence-corrected chi connectivity index (χ2v) is 7.47. The van der Waals surface area contributed by atoms with E-state index >= 15 is 0 Å². The van der Waals surface area contributed by atoms with Gasteiger partial charge in [0.05, 0.1) is 17.4 Å². The SMILES string of the molecule is CCOC1CC(NC(=O)c2cccc3c2OC(C)C(=O)N3)(C(=O)O)C1(C)C. The molecule has 8 nitrogen and oxygen atoms in total. The Bertz CT molecular complexity index is 805. The minimum absolute atomic E-state index is 0.177. The van der Waals surface area contributed by atoms with Gasteiger partial charge in [-0.25, -0.2) is 4.79 Å². The number of carboxylic acid groups (broad SMARTS) is 1. The Hall–Kier alpha value is -2.61. The zero-order valence-corrected chi connectivity index (χ0v) is 15.8. The van der Waals surface area contributed by atoms with E-state index in [0.29, 0.717) is 12.3 Å². The molecule has 1 aromatic carbocycles. The molecular formula is C19H24N2O6. The Morgan fingerprint density at radius 1 is 1.41 bits per heavy atom. The summed E-state index contributed by atoms with van der Waals surface area (Å²) < 4.78 is 11.2. The van der Waals surface area contributed by atoms with Gasteiger partial charge in [0.15, 0.2) is 11.9 Å². The van der Waals surface area contributed by atoms with Crippen LogP contribution in [0.3, 0.4) is 0 Å². The Morgan fingerprint density at radius 2 is 2.11 bits per heavy atom. The van der Waals surface area contributed by atoms with Gasteiger partial charge in [-0.3, -0.25) is 9.59 Å².